The van der Waals surface area contributed by atoms with E-state index in [2.05, 4.69) is 0 Å². The van der Waals surface area contributed by atoms with Crippen LogP contribution in [0.4, 0.5) is 0 Å². The highest BCUT2D eigenvalue weighted by Gasteiger charge is 2.35. The summed E-state index contributed by atoms with van der Waals surface area (Å²) < 4.78 is 5.70. The van der Waals surface area contributed by atoms with E-state index in [-0.39, 0.29) is 6.42 Å². The highest BCUT2D eigenvalue weighted by atomic mass is 16.5. The van der Waals surface area contributed by atoms with Crippen molar-refractivity contribution in [3.05, 3.63) is 48.6 Å². The molecule has 1 aliphatic heterocycles. The number of aliphatic hydroxyl groups is 3. The SMILES string of the molecule is CC[C@@H](O)/C=C/[C@@H]1O[C@@H]([C@H](O)C/C=C\C/C=C\C/C=C\CCC(=O)O)C[C@@H]1O. The first-order valence-electron chi connectivity index (χ1n) is 9.98. The molecule has 1 heterocycles. The van der Waals surface area contributed by atoms with Crippen molar-refractivity contribution >= 4 is 5.97 Å². The minimum atomic E-state index is -0.785. The van der Waals surface area contributed by atoms with Gasteiger partial charge in [0.05, 0.1) is 24.4 Å². The summed E-state index contributed by atoms with van der Waals surface area (Å²) in [6.07, 6.45) is 15.9. The van der Waals surface area contributed by atoms with Crippen molar-refractivity contribution in [1.82, 2.24) is 0 Å². The maximum absolute atomic E-state index is 10.4. The van der Waals surface area contributed by atoms with Gasteiger partial charge in [0, 0.05) is 12.8 Å². The molecule has 1 aliphatic rings. The zero-order valence-electron chi connectivity index (χ0n) is 16.6. The molecule has 6 heteroatoms. The number of carbonyl (C=O) groups is 1. The first-order chi connectivity index (χ1) is 13.4. The minimum absolute atomic E-state index is 0.157. The molecule has 1 saturated heterocycles. The van der Waals surface area contributed by atoms with Crippen molar-refractivity contribution in [1.29, 1.82) is 0 Å². The van der Waals surface area contributed by atoms with Crippen molar-refractivity contribution in [2.45, 2.75) is 82.4 Å². The second-order valence-corrected chi connectivity index (χ2v) is 6.92. The smallest absolute Gasteiger partial charge is 0.303 e. The van der Waals surface area contributed by atoms with Crippen LogP contribution in [0, 0.1) is 0 Å². The van der Waals surface area contributed by atoms with Crippen LogP contribution >= 0.6 is 0 Å². The van der Waals surface area contributed by atoms with Crippen molar-refractivity contribution in [2.24, 2.45) is 0 Å². The van der Waals surface area contributed by atoms with E-state index >= 15 is 0 Å². The molecule has 0 aliphatic carbocycles. The Hall–Kier alpha value is -1.73. The molecule has 0 bridgehead atoms. The zero-order chi connectivity index (χ0) is 20.8. The van der Waals surface area contributed by atoms with Crippen LogP contribution in [0.3, 0.4) is 0 Å². The largest absolute Gasteiger partial charge is 0.481 e. The molecule has 1 rings (SSSR count). The third-order valence-electron chi connectivity index (χ3n) is 4.50. The van der Waals surface area contributed by atoms with E-state index < -0.39 is 36.5 Å². The van der Waals surface area contributed by atoms with Gasteiger partial charge >= 0.3 is 5.97 Å². The van der Waals surface area contributed by atoms with E-state index in [1.807, 2.05) is 43.4 Å². The molecule has 0 saturated carbocycles. The summed E-state index contributed by atoms with van der Waals surface area (Å²) in [7, 11) is 0. The van der Waals surface area contributed by atoms with Crippen LogP contribution < -0.4 is 0 Å². The molecule has 0 unspecified atom stereocenters. The lowest BCUT2D eigenvalue weighted by Gasteiger charge is -2.16. The number of carboxylic acids is 1. The summed E-state index contributed by atoms with van der Waals surface area (Å²) in [5.74, 6) is -0.785. The highest BCUT2D eigenvalue weighted by molar-refractivity contribution is 5.66. The molecule has 0 aromatic carbocycles. The van der Waals surface area contributed by atoms with Crippen molar-refractivity contribution < 1.29 is 30.0 Å². The fourth-order valence-electron chi connectivity index (χ4n) is 2.77. The average Bonchev–Trinajstić information content (AvgIpc) is 3.04. The maximum atomic E-state index is 10.4. The van der Waals surface area contributed by atoms with Gasteiger partial charge in [-0.1, -0.05) is 55.5 Å². The molecule has 6 nitrogen and oxygen atoms in total. The number of hydrogen-bond donors (Lipinski definition) is 4. The second-order valence-electron chi connectivity index (χ2n) is 6.92. The number of ether oxygens (including phenoxy) is 1. The molecule has 158 valence electrons. The van der Waals surface area contributed by atoms with Crippen LogP contribution in [0.25, 0.3) is 0 Å². The van der Waals surface area contributed by atoms with Crippen molar-refractivity contribution in [2.75, 3.05) is 0 Å². The molecule has 0 radical (unpaired) electrons. The van der Waals surface area contributed by atoms with Gasteiger partial charge < -0.3 is 25.2 Å². The Labute approximate surface area is 167 Å². The van der Waals surface area contributed by atoms with Gasteiger partial charge in [-0.25, -0.2) is 0 Å². The van der Waals surface area contributed by atoms with Gasteiger partial charge in [0.15, 0.2) is 0 Å². The Morgan fingerprint density at radius 1 is 1.11 bits per heavy atom. The summed E-state index contributed by atoms with van der Waals surface area (Å²) in [6, 6.07) is 0. The molecule has 1 fully saturated rings. The fourth-order valence-corrected chi connectivity index (χ4v) is 2.77. The molecule has 0 aromatic rings. The highest BCUT2D eigenvalue weighted by Crippen LogP contribution is 2.25. The topological polar surface area (TPSA) is 107 Å². The van der Waals surface area contributed by atoms with Gasteiger partial charge in [0.1, 0.15) is 6.10 Å². The number of rotatable bonds is 13. The second kappa shape index (κ2) is 14.3. The van der Waals surface area contributed by atoms with Crippen LogP contribution in [0.5, 0.6) is 0 Å². The fraction of sp³-hybridized carbons (Fsp3) is 0.591. The Morgan fingerprint density at radius 2 is 1.75 bits per heavy atom. The molecule has 4 N–H and O–H groups in total. The lowest BCUT2D eigenvalue weighted by Crippen LogP contribution is -2.25. The summed E-state index contributed by atoms with van der Waals surface area (Å²) >= 11 is 0. The third-order valence-corrected chi connectivity index (χ3v) is 4.50. The predicted octanol–water partition coefficient (Wildman–Crippen LogP) is 2.90. The molecule has 5 atom stereocenters. The lowest BCUT2D eigenvalue weighted by atomic mass is 10.0. The Balaban J connectivity index is 2.22. The van der Waals surface area contributed by atoms with E-state index in [0.29, 0.717) is 25.7 Å². The van der Waals surface area contributed by atoms with Crippen LogP contribution in [-0.2, 0) is 9.53 Å². The van der Waals surface area contributed by atoms with Crippen LogP contribution in [0.15, 0.2) is 48.6 Å². The van der Waals surface area contributed by atoms with Crippen molar-refractivity contribution in [3.63, 3.8) is 0 Å². The van der Waals surface area contributed by atoms with Crippen molar-refractivity contribution in [3.8, 4) is 0 Å². The first-order valence-corrected chi connectivity index (χ1v) is 9.98. The number of aliphatic carboxylic acids is 1. The van der Waals surface area contributed by atoms with Crippen LogP contribution in [-0.4, -0.2) is 56.9 Å². The Bertz CT molecular complexity index is 551. The lowest BCUT2D eigenvalue weighted by molar-refractivity contribution is -0.136. The third kappa shape index (κ3) is 10.6. The number of hydrogen-bond acceptors (Lipinski definition) is 5. The summed E-state index contributed by atoms with van der Waals surface area (Å²) in [6.45, 7) is 1.87. The molecular weight excluding hydrogens is 360 g/mol. The predicted molar refractivity (Wildman–Crippen MR) is 109 cm³/mol. The first kappa shape index (κ1) is 24.3. The maximum Gasteiger partial charge on any atom is 0.303 e. The van der Waals surface area contributed by atoms with Crippen LogP contribution in [0.2, 0.25) is 0 Å². The van der Waals surface area contributed by atoms with Gasteiger partial charge in [-0.05, 0) is 32.1 Å². The Morgan fingerprint density at radius 3 is 2.39 bits per heavy atom. The quantitative estimate of drug-likeness (QED) is 0.358. The molecule has 0 aromatic heterocycles. The number of carboxylic acid groups (broad SMARTS) is 1. The standard InChI is InChI=1S/C22H34O6/c1-2-17(23)14-15-20-19(25)16-21(28-20)18(24)12-10-8-6-4-3-5-7-9-11-13-22(26)27/h3-4,7-10,14-15,17-21,23-25H,2,5-6,11-13,16H2,1H3,(H,26,27)/b4-3-,9-7-,10-8-,15-14+/t17-,18-,19+,20+,21-/m1/s1. The monoisotopic (exact) mass is 394 g/mol. The van der Waals surface area contributed by atoms with Gasteiger partial charge in [-0.15, -0.1) is 0 Å². The van der Waals surface area contributed by atoms with E-state index in [4.69, 9.17) is 9.84 Å². The number of aliphatic hydroxyl groups excluding tert-OH is 3. The van der Waals surface area contributed by atoms with E-state index in [0.717, 1.165) is 12.8 Å². The summed E-state index contributed by atoms with van der Waals surface area (Å²) in [5, 5.41) is 38.3. The molecule has 0 spiro atoms. The van der Waals surface area contributed by atoms with E-state index in [9.17, 15) is 20.1 Å². The van der Waals surface area contributed by atoms with E-state index in [1.54, 1.807) is 12.2 Å². The molecule has 28 heavy (non-hydrogen) atoms. The van der Waals surface area contributed by atoms with Gasteiger partial charge in [-0.2, -0.15) is 0 Å². The Kier molecular flexibility index (Phi) is 12.4. The van der Waals surface area contributed by atoms with Gasteiger partial charge in [0.2, 0.25) is 0 Å². The summed E-state index contributed by atoms with van der Waals surface area (Å²) in [4.78, 5) is 10.4. The average molecular weight is 395 g/mol. The van der Waals surface area contributed by atoms with Gasteiger partial charge in [0.25, 0.3) is 0 Å². The molecular formula is C22H34O6. The van der Waals surface area contributed by atoms with E-state index in [1.165, 1.54) is 0 Å². The molecule has 0 amide bonds. The van der Waals surface area contributed by atoms with Gasteiger partial charge in [-0.3, -0.25) is 4.79 Å². The zero-order valence-corrected chi connectivity index (χ0v) is 16.6. The van der Waals surface area contributed by atoms with Crippen LogP contribution in [0.1, 0.15) is 51.9 Å². The number of allylic oxidation sites excluding steroid dienone is 5. The summed E-state index contributed by atoms with van der Waals surface area (Å²) in [5.41, 5.74) is 0. The normalized spacial score (nSPS) is 25.5. The minimum Gasteiger partial charge on any atom is -0.481 e.